The predicted octanol–water partition coefficient (Wildman–Crippen LogP) is 2.77. The lowest BCUT2D eigenvalue weighted by atomic mass is 9.98. The Morgan fingerprint density at radius 2 is 2.04 bits per heavy atom. The number of nitrogens with one attached hydrogen (secondary N) is 1. The number of likely N-dealkylation sites (tertiary alicyclic amines) is 1. The Labute approximate surface area is 147 Å². The van der Waals surface area contributed by atoms with Gasteiger partial charge in [0.15, 0.2) is 11.6 Å². The molecule has 0 radical (unpaired) electrons. The number of H-pyrrole nitrogens is 1. The van der Waals surface area contributed by atoms with Gasteiger partial charge in [0, 0.05) is 24.6 Å². The first-order valence-electron chi connectivity index (χ1n) is 8.18. The number of benzene rings is 1. The van der Waals surface area contributed by atoms with Crippen molar-refractivity contribution in [2.45, 2.75) is 12.3 Å². The minimum atomic E-state index is -0.865. The quantitative estimate of drug-likeness (QED) is 0.784. The molecule has 4 rings (SSSR count). The largest absolute Gasteiger partial charge is 0.337 e. The van der Waals surface area contributed by atoms with Crippen LogP contribution in [0.5, 0.6) is 0 Å². The fourth-order valence-corrected chi connectivity index (χ4v) is 3.17. The molecule has 1 N–H and O–H groups in total. The van der Waals surface area contributed by atoms with Crippen molar-refractivity contribution in [3.05, 3.63) is 65.6 Å². The molecule has 0 aliphatic carbocycles. The molecule has 0 bridgehead atoms. The number of aromatic amines is 1. The normalized spacial score (nSPS) is 16.8. The topological polar surface area (TPSA) is 74.8 Å². The summed E-state index contributed by atoms with van der Waals surface area (Å²) in [6.07, 6.45) is 3.82. The minimum absolute atomic E-state index is 0.0131. The van der Waals surface area contributed by atoms with Gasteiger partial charge in [0.05, 0.1) is 18.1 Å². The van der Waals surface area contributed by atoms with Gasteiger partial charge in [-0.2, -0.15) is 15.3 Å². The maximum Gasteiger partial charge on any atom is 0.271 e. The van der Waals surface area contributed by atoms with Crippen molar-refractivity contribution in [2.24, 2.45) is 0 Å². The highest BCUT2D eigenvalue weighted by Gasteiger charge is 2.29. The van der Waals surface area contributed by atoms with Crippen LogP contribution in [0.3, 0.4) is 0 Å². The molecule has 0 saturated carbocycles. The van der Waals surface area contributed by atoms with Gasteiger partial charge in [-0.25, -0.2) is 8.78 Å². The molecule has 0 spiro atoms. The summed E-state index contributed by atoms with van der Waals surface area (Å²) >= 11 is 0. The van der Waals surface area contributed by atoms with Crippen molar-refractivity contribution in [2.75, 3.05) is 13.1 Å². The van der Waals surface area contributed by atoms with E-state index >= 15 is 0 Å². The van der Waals surface area contributed by atoms with Gasteiger partial charge in [0.25, 0.3) is 5.91 Å². The van der Waals surface area contributed by atoms with Gasteiger partial charge in [0.2, 0.25) is 0 Å². The molecule has 3 heterocycles. The number of nitrogens with zero attached hydrogens (tertiary/aromatic N) is 4. The van der Waals surface area contributed by atoms with Crippen LogP contribution in [0.2, 0.25) is 0 Å². The van der Waals surface area contributed by atoms with Crippen molar-refractivity contribution >= 4 is 5.91 Å². The molecule has 1 atom stereocenters. The first-order valence-corrected chi connectivity index (χ1v) is 8.18. The molecule has 0 unspecified atom stereocenters. The average molecular weight is 355 g/mol. The van der Waals surface area contributed by atoms with Gasteiger partial charge < -0.3 is 4.90 Å². The minimum Gasteiger partial charge on any atom is -0.337 e. The smallest absolute Gasteiger partial charge is 0.271 e. The molecule has 26 heavy (non-hydrogen) atoms. The lowest BCUT2D eigenvalue weighted by Crippen LogP contribution is -2.28. The number of hydrogen-bond acceptors (Lipinski definition) is 4. The summed E-state index contributed by atoms with van der Waals surface area (Å²) in [5.41, 5.74) is 2.45. The molecule has 1 aliphatic rings. The molecule has 132 valence electrons. The first kappa shape index (κ1) is 16.3. The molecule has 1 aromatic carbocycles. The Bertz CT molecular complexity index is 944. The Balaban J connectivity index is 1.48. The molecule has 3 aromatic rings. The standard InChI is InChI=1S/C18H15F2N5O/c19-14-2-1-11(7-15(14)20)13-4-6-25(10-13)18(26)17-8-16(23-24-17)12-3-5-21-22-9-12/h1-3,5,7-9,13H,4,6,10H2,(H,23,24)/t13-/m0/s1. The highest BCUT2D eigenvalue weighted by atomic mass is 19.2. The summed E-state index contributed by atoms with van der Waals surface area (Å²) in [6, 6.07) is 7.33. The predicted molar refractivity (Wildman–Crippen MR) is 89.2 cm³/mol. The maximum atomic E-state index is 13.4. The van der Waals surface area contributed by atoms with E-state index in [0.717, 1.165) is 11.6 Å². The number of carbonyl (C=O) groups is 1. The second-order valence-electron chi connectivity index (χ2n) is 6.21. The van der Waals surface area contributed by atoms with Crippen LogP contribution in [0.15, 0.2) is 42.7 Å². The average Bonchev–Trinajstić information content (AvgIpc) is 3.34. The SMILES string of the molecule is O=C(c1cc(-c2ccnnc2)n[nH]1)N1CC[C@H](c2ccc(F)c(F)c2)C1. The van der Waals surface area contributed by atoms with Crippen molar-refractivity contribution in [3.63, 3.8) is 0 Å². The molecular formula is C18H15F2N5O. The van der Waals surface area contributed by atoms with E-state index in [4.69, 9.17) is 0 Å². The molecule has 1 amide bonds. The number of halogens is 2. The van der Waals surface area contributed by atoms with Crippen molar-refractivity contribution in [1.29, 1.82) is 0 Å². The van der Waals surface area contributed by atoms with E-state index in [1.54, 1.807) is 35.5 Å². The van der Waals surface area contributed by atoms with E-state index in [0.29, 0.717) is 36.5 Å². The van der Waals surface area contributed by atoms with Crippen LogP contribution in [0.4, 0.5) is 8.78 Å². The zero-order valence-corrected chi connectivity index (χ0v) is 13.7. The third-order valence-corrected chi connectivity index (χ3v) is 4.58. The number of hydrogen-bond donors (Lipinski definition) is 1. The second-order valence-corrected chi connectivity index (χ2v) is 6.21. The Hall–Kier alpha value is -3.16. The maximum absolute atomic E-state index is 13.4. The molecular weight excluding hydrogens is 340 g/mol. The fourth-order valence-electron chi connectivity index (χ4n) is 3.17. The Morgan fingerprint density at radius 1 is 1.15 bits per heavy atom. The molecule has 6 nitrogen and oxygen atoms in total. The third-order valence-electron chi connectivity index (χ3n) is 4.58. The molecule has 1 fully saturated rings. The number of aromatic nitrogens is 4. The van der Waals surface area contributed by atoms with Crippen LogP contribution >= 0.6 is 0 Å². The summed E-state index contributed by atoms with van der Waals surface area (Å²) in [5.74, 6) is -1.91. The van der Waals surface area contributed by atoms with Gasteiger partial charge in [-0.3, -0.25) is 9.89 Å². The Morgan fingerprint density at radius 3 is 2.81 bits per heavy atom. The third kappa shape index (κ3) is 3.05. The van der Waals surface area contributed by atoms with E-state index in [1.807, 2.05) is 0 Å². The number of carbonyl (C=O) groups excluding carboxylic acids is 1. The zero-order valence-electron chi connectivity index (χ0n) is 13.7. The van der Waals surface area contributed by atoms with Crippen molar-refractivity contribution in [1.82, 2.24) is 25.3 Å². The molecule has 1 aliphatic heterocycles. The van der Waals surface area contributed by atoms with Crippen molar-refractivity contribution in [3.8, 4) is 11.3 Å². The number of rotatable bonds is 3. The summed E-state index contributed by atoms with van der Waals surface area (Å²) in [5, 5.41) is 14.4. The summed E-state index contributed by atoms with van der Waals surface area (Å²) in [6.45, 7) is 1.00. The van der Waals surface area contributed by atoms with E-state index in [2.05, 4.69) is 20.4 Å². The van der Waals surface area contributed by atoms with Gasteiger partial charge >= 0.3 is 0 Å². The molecule has 8 heteroatoms. The monoisotopic (exact) mass is 355 g/mol. The molecule has 1 saturated heterocycles. The van der Waals surface area contributed by atoms with Gasteiger partial charge in [0.1, 0.15) is 5.69 Å². The fraction of sp³-hybridized carbons (Fsp3) is 0.222. The lowest BCUT2D eigenvalue weighted by Gasteiger charge is -2.15. The summed E-state index contributed by atoms with van der Waals surface area (Å²) in [4.78, 5) is 14.4. The molecule has 2 aromatic heterocycles. The highest BCUT2D eigenvalue weighted by molar-refractivity contribution is 5.93. The summed E-state index contributed by atoms with van der Waals surface area (Å²) < 4.78 is 26.5. The van der Waals surface area contributed by atoms with Crippen LogP contribution < -0.4 is 0 Å². The lowest BCUT2D eigenvalue weighted by molar-refractivity contribution is 0.0785. The second kappa shape index (κ2) is 6.62. The van der Waals surface area contributed by atoms with Crippen LogP contribution in [-0.4, -0.2) is 44.3 Å². The van der Waals surface area contributed by atoms with Crippen LogP contribution in [0.1, 0.15) is 28.4 Å². The van der Waals surface area contributed by atoms with Crippen LogP contribution in [0.25, 0.3) is 11.3 Å². The first-order chi connectivity index (χ1) is 12.6. The highest BCUT2D eigenvalue weighted by Crippen LogP contribution is 2.29. The summed E-state index contributed by atoms with van der Waals surface area (Å²) in [7, 11) is 0. The number of amides is 1. The van der Waals surface area contributed by atoms with E-state index in [-0.39, 0.29) is 11.8 Å². The Kier molecular flexibility index (Phi) is 4.16. The van der Waals surface area contributed by atoms with Crippen LogP contribution in [-0.2, 0) is 0 Å². The van der Waals surface area contributed by atoms with Gasteiger partial charge in [-0.05, 0) is 36.2 Å². The zero-order chi connectivity index (χ0) is 18.1. The van der Waals surface area contributed by atoms with E-state index < -0.39 is 11.6 Å². The van der Waals surface area contributed by atoms with E-state index in [9.17, 15) is 13.6 Å². The van der Waals surface area contributed by atoms with Gasteiger partial charge in [-0.15, -0.1) is 0 Å². The van der Waals surface area contributed by atoms with Gasteiger partial charge in [-0.1, -0.05) is 6.07 Å². The van der Waals surface area contributed by atoms with Crippen molar-refractivity contribution < 1.29 is 13.6 Å². The van der Waals surface area contributed by atoms with E-state index in [1.165, 1.54) is 6.07 Å². The van der Waals surface area contributed by atoms with Crippen LogP contribution in [0, 0.1) is 11.6 Å².